The summed E-state index contributed by atoms with van der Waals surface area (Å²) in [5.74, 6) is 0.729. The van der Waals surface area contributed by atoms with Gasteiger partial charge in [0.15, 0.2) is 0 Å². The third kappa shape index (κ3) is 0.696. The third-order valence-corrected chi connectivity index (χ3v) is 1.02. The maximum absolute atomic E-state index is 5.45. The first-order chi connectivity index (χ1) is 3.70. The molecule has 4 heteroatoms. The Morgan fingerprint density at radius 2 is 2.25 bits per heavy atom. The van der Waals surface area contributed by atoms with Gasteiger partial charge in [0.25, 0.3) is 0 Å². The number of hydrogen-bond acceptors (Lipinski definition) is 4. The van der Waals surface area contributed by atoms with E-state index in [1.807, 2.05) is 14.1 Å². The molecule has 1 aliphatic rings. The van der Waals surface area contributed by atoms with Crippen LogP contribution < -0.4 is 11.3 Å². The summed E-state index contributed by atoms with van der Waals surface area (Å²) in [5, 5.41) is 3.52. The fourth-order valence-corrected chi connectivity index (χ4v) is 0.608. The minimum atomic E-state index is 0.729. The molecular formula is C4H10N4. The predicted molar refractivity (Wildman–Crippen MR) is 30.9 cm³/mol. The summed E-state index contributed by atoms with van der Waals surface area (Å²) in [4.78, 5) is 0. The highest BCUT2D eigenvalue weighted by molar-refractivity contribution is 4.95. The molecule has 0 aromatic heterocycles. The first-order valence-electron chi connectivity index (χ1n) is 2.40. The topological polar surface area (TPSA) is 44.5 Å². The van der Waals surface area contributed by atoms with Gasteiger partial charge < -0.3 is 5.73 Å². The van der Waals surface area contributed by atoms with Crippen molar-refractivity contribution in [1.29, 1.82) is 0 Å². The smallest absolute Gasteiger partial charge is 0.132 e. The summed E-state index contributed by atoms with van der Waals surface area (Å²) in [6.07, 6.45) is 1.81. The van der Waals surface area contributed by atoms with Gasteiger partial charge in [0.2, 0.25) is 0 Å². The van der Waals surface area contributed by atoms with Crippen molar-refractivity contribution < 1.29 is 0 Å². The Hall–Kier alpha value is -0.900. The van der Waals surface area contributed by atoms with Gasteiger partial charge in [0, 0.05) is 14.1 Å². The molecule has 0 saturated carbocycles. The molecule has 0 radical (unpaired) electrons. The molecule has 3 N–H and O–H groups in total. The largest absolute Gasteiger partial charge is 0.383 e. The zero-order chi connectivity index (χ0) is 6.15. The quantitative estimate of drug-likeness (QED) is 0.426. The van der Waals surface area contributed by atoms with E-state index in [4.69, 9.17) is 5.73 Å². The average molecular weight is 114 g/mol. The lowest BCUT2D eigenvalue weighted by atomic mass is 10.7. The predicted octanol–water partition coefficient (Wildman–Crippen LogP) is -0.959. The maximum Gasteiger partial charge on any atom is 0.132 e. The Morgan fingerprint density at radius 3 is 2.38 bits per heavy atom. The summed E-state index contributed by atoms with van der Waals surface area (Å²) >= 11 is 0. The Morgan fingerprint density at radius 1 is 1.62 bits per heavy atom. The van der Waals surface area contributed by atoms with E-state index >= 15 is 0 Å². The van der Waals surface area contributed by atoms with Gasteiger partial charge in [-0.3, -0.25) is 10.0 Å². The Kier molecular flexibility index (Phi) is 1.02. The van der Waals surface area contributed by atoms with Crippen LogP contribution >= 0.6 is 0 Å². The van der Waals surface area contributed by atoms with Crippen LogP contribution in [0.4, 0.5) is 0 Å². The minimum absolute atomic E-state index is 0.729. The molecule has 1 rings (SSSR count). The monoisotopic (exact) mass is 114 g/mol. The molecule has 0 spiro atoms. The van der Waals surface area contributed by atoms with Crippen LogP contribution in [0.25, 0.3) is 0 Å². The van der Waals surface area contributed by atoms with E-state index in [-0.39, 0.29) is 0 Å². The van der Waals surface area contributed by atoms with Crippen LogP contribution in [0.3, 0.4) is 0 Å². The van der Waals surface area contributed by atoms with E-state index in [1.54, 1.807) is 16.2 Å². The van der Waals surface area contributed by atoms with Crippen LogP contribution in [-0.4, -0.2) is 24.1 Å². The maximum atomic E-state index is 5.45. The van der Waals surface area contributed by atoms with Crippen LogP contribution in [0, 0.1) is 0 Å². The molecular weight excluding hydrogens is 104 g/mol. The summed E-state index contributed by atoms with van der Waals surface area (Å²) in [6.45, 7) is 0. The molecule has 1 heterocycles. The van der Waals surface area contributed by atoms with Crippen LogP contribution in [0.15, 0.2) is 12.0 Å². The molecule has 0 unspecified atom stereocenters. The summed E-state index contributed by atoms with van der Waals surface area (Å²) in [7, 11) is 3.74. The van der Waals surface area contributed by atoms with Gasteiger partial charge in [0.1, 0.15) is 5.82 Å². The normalized spacial score (nSPS) is 19.5. The summed E-state index contributed by atoms with van der Waals surface area (Å²) in [6, 6.07) is 0. The van der Waals surface area contributed by atoms with Gasteiger partial charge in [-0.05, 0) is 0 Å². The molecule has 0 saturated heterocycles. The third-order valence-electron chi connectivity index (χ3n) is 1.02. The first kappa shape index (κ1) is 5.24. The SMILES string of the molecule is CN1C=C(N)N(C)N1. The lowest BCUT2D eigenvalue weighted by Gasteiger charge is -2.14. The van der Waals surface area contributed by atoms with E-state index in [0.29, 0.717) is 0 Å². The zero-order valence-electron chi connectivity index (χ0n) is 5.05. The van der Waals surface area contributed by atoms with Gasteiger partial charge in [-0.15, -0.1) is 5.53 Å². The van der Waals surface area contributed by atoms with Crippen molar-refractivity contribution in [2.45, 2.75) is 0 Å². The van der Waals surface area contributed by atoms with E-state index in [2.05, 4.69) is 5.53 Å². The highest BCUT2D eigenvalue weighted by Crippen LogP contribution is 1.97. The van der Waals surface area contributed by atoms with Crippen molar-refractivity contribution >= 4 is 0 Å². The van der Waals surface area contributed by atoms with Crippen molar-refractivity contribution in [2.24, 2.45) is 5.73 Å². The van der Waals surface area contributed by atoms with Crippen molar-refractivity contribution in [2.75, 3.05) is 14.1 Å². The minimum Gasteiger partial charge on any atom is -0.383 e. The zero-order valence-corrected chi connectivity index (χ0v) is 5.05. The molecule has 0 atom stereocenters. The summed E-state index contributed by atoms with van der Waals surface area (Å²) < 4.78 is 0. The van der Waals surface area contributed by atoms with E-state index in [0.717, 1.165) is 5.82 Å². The van der Waals surface area contributed by atoms with E-state index in [1.165, 1.54) is 0 Å². The lowest BCUT2D eigenvalue weighted by molar-refractivity contribution is 0.182. The van der Waals surface area contributed by atoms with Crippen molar-refractivity contribution in [3.63, 3.8) is 0 Å². The molecule has 0 fully saturated rings. The van der Waals surface area contributed by atoms with Crippen molar-refractivity contribution in [1.82, 2.24) is 15.6 Å². The fraction of sp³-hybridized carbons (Fsp3) is 0.500. The highest BCUT2D eigenvalue weighted by atomic mass is 15.8. The van der Waals surface area contributed by atoms with Crippen molar-refractivity contribution in [3.05, 3.63) is 12.0 Å². The number of rotatable bonds is 0. The summed E-state index contributed by atoms with van der Waals surface area (Å²) in [5.41, 5.74) is 8.37. The number of nitrogens with two attached hydrogens (primary N) is 1. The van der Waals surface area contributed by atoms with Crippen LogP contribution in [0.5, 0.6) is 0 Å². The number of hydrogen-bond donors (Lipinski definition) is 2. The fourth-order valence-electron chi connectivity index (χ4n) is 0.608. The number of nitrogens with zero attached hydrogens (tertiary/aromatic N) is 2. The number of nitrogens with one attached hydrogen (secondary N) is 1. The molecule has 4 nitrogen and oxygen atoms in total. The molecule has 0 aromatic rings. The van der Waals surface area contributed by atoms with Gasteiger partial charge in [-0.1, -0.05) is 0 Å². The molecule has 0 bridgehead atoms. The highest BCUT2D eigenvalue weighted by Gasteiger charge is 2.08. The first-order valence-corrected chi connectivity index (χ1v) is 2.40. The lowest BCUT2D eigenvalue weighted by Crippen LogP contribution is -2.36. The van der Waals surface area contributed by atoms with Gasteiger partial charge >= 0.3 is 0 Å². The molecule has 0 amide bonds. The Balaban J connectivity index is 2.59. The second kappa shape index (κ2) is 1.56. The Bertz CT molecular complexity index is 119. The molecule has 46 valence electrons. The van der Waals surface area contributed by atoms with Crippen LogP contribution in [0.2, 0.25) is 0 Å². The number of hydrazine groups is 2. The van der Waals surface area contributed by atoms with E-state index < -0.39 is 0 Å². The molecule has 1 aliphatic heterocycles. The van der Waals surface area contributed by atoms with Gasteiger partial charge in [-0.2, -0.15) is 0 Å². The molecule has 0 aromatic carbocycles. The Labute approximate surface area is 48.5 Å². The van der Waals surface area contributed by atoms with Gasteiger partial charge in [-0.25, -0.2) is 0 Å². The standard InChI is InChI=1S/C4H10N4/c1-7-3-4(5)8(2)6-7/h3,6H,5H2,1-2H3. The molecule has 0 aliphatic carbocycles. The van der Waals surface area contributed by atoms with E-state index in [9.17, 15) is 0 Å². The van der Waals surface area contributed by atoms with Crippen LogP contribution in [0.1, 0.15) is 0 Å². The van der Waals surface area contributed by atoms with Gasteiger partial charge in [0.05, 0.1) is 6.20 Å². The second-order valence-electron chi connectivity index (χ2n) is 1.82. The average Bonchev–Trinajstić information content (AvgIpc) is 1.85. The molecule has 8 heavy (non-hydrogen) atoms. The van der Waals surface area contributed by atoms with Crippen LogP contribution in [-0.2, 0) is 0 Å². The second-order valence-corrected chi connectivity index (χ2v) is 1.82. The van der Waals surface area contributed by atoms with Crippen molar-refractivity contribution in [3.8, 4) is 0 Å².